The largest absolute Gasteiger partial charge is 0.366 e. The Hall–Kier alpha value is -3.50. The van der Waals surface area contributed by atoms with Crippen LogP contribution in [0.25, 0.3) is 16.6 Å². The van der Waals surface area contributed by atoms with E-state index >= 15 is 4.39 Å². The number of aryl methyl sites for hydroxylation is 1. The average Bonchev–Trinajstić information content (AvgIpc) is 3.24. The first-order chi connectivity index (χ1) is 16.4. The summed E-state index contributed by atoms with van der Waals surface area (Å²) in [7, 11) is 1.54. The predicted octanol–water partition coefficient (Wildman–Crippen LogP) is 2.35. The Morgan fingerprint density at radius 3 is 2.65 bits per heavy atom. The normalized spacial score (nSPS) is 14.8. The quantitative estimate of drug-likeness (QED) is 0.432. The lowest BCUT2D eigenvalue weighted by atomic mass is 10.1. The number of aromatic amines is 1. The van der Waals surface area contributed by atoms with E-state index < -0.39 is 5.82 Å². The summed E-state index contributed by atoms with van der Waals surface area (Å²) in [5.74, 6) is -0.732. The van der Waals surface area contributed by atoms with E-state index in [9.17, 15) is 9.59 Å². The molecule has 1 aromatic carbocycles. The molecule has 3 aromatic heterocycles. The van der Waals surface area contributed by atoms with E-state index in [1.165, 1.54) is 4.52 Å². The molecule has 11 heteroatoms. The summed E-state index contributed by atoms with van der Waals surface area (Å²) < 4.78 is 16.8. The van der Waals surface area contributed by atoms with Gasteiger partial charge in [-0.05, 0) is 31.2 Å². The Morgan fingerprint density at radius 1 is 1.18 bits per heavy atom. The second kappa shape index (κ2) is 8.69. The van der Waals surface area contributed by atoms with Gasteiger partial charge in [0.2, 0.25) is 0 Å². The van der Waals surface area contributed by atoms with Crippen LogP contribution in [-0.4, -0.2) is 63.6 Å². The zero-order valence-electron chi connectivity index (χ0n) is 18.7. The van der Waals surface area contributed by atoms with Crippen LogP contribution in [0.15, 0.2) is 35.1 Å². The first kappa shape index (κ1) is 22.3. The van der Waals surface area contributed by atoms with Gasteiger partial charge in [-0.25, -0.2) is 13.9 Å². The Morgan fingerprint density at radius 2 is 1.94 bits per heavy atom. The second-order valence-corrected chi connectivity index (χ2v) is 8.68. The zero-order valence-corrected chi connectivity index (χ0v) is 19.5. The van der Waals surface area contributed by atoms with Gasteiger partial charge in [-0.2, -0.15) is 5.10 Å². The Bertz CT molecular complexity index is 1470. The van der Waals surface area contributed by atoms with Crippen molar-refractivity contribution in [3.63, 3.8) is 0 Å². The third kappa shape index (κ3) is 3.88. The highest BCUT2D eigenvalue weighted by Crippen LogP contribution is 2.26. The molecule has 1 amide bonds. The van der Waals surface area contributed by atoms with E-state index in [2.05, 4.69) is 30.2 Å². The number of H-pyrrole nitrogens is 1. The number of pyridine rings is 1. The van der Waals surface area contributed by atoms with Gasteiger partial charge in [-0.15, -0.1) is 0 Å². The molecule has 176 valence electrons. The van der Waals surface area contributed by atoms with Crippen molar-refractivity contribution in [1.29, 1.82) is 0 Å². The molecule has 1 aliphatic rings. The fraction of sp³-hybridized carbons (Fsp3) is 0.304. The number of hydrogen-bond acceptors (Lipinski definition) is 6. The summed E-state index contributed by atoms with van der Waals surface area (Å²) in [6.45, 7) is 4.95. The Balaban J connectivity index is 1.32. The minimum absolute atomic E-state index is 0.158. The number of rotatable bonds is 4. The van der Waals surface area contributed by atoms with E-state index in [-0.39, 0.29) is 27.8 Å². The molecule has 1 fully saturated rings. The Kier molecular flexibility index (Phi) is 5.70. The molecule has 2 N–H and O–H groups in total. The highest BCUT2D eigenvalue weighted by molar-refractivity contribution is 6.32. The first-order valence-corrected chi connectivity index (χ1v) is 11.3. The number of fused-ring (bicyclic) bond motifs is 3. The number of carbonyl (C=O) groups is 1. The van der Waals surface area contributed by atoms with Crippen LogP contribution in [0.4, 0.5) is 10.1 Å². The molecule has 4 aromatic rings. The third-order valence-electron chi connectivity index (χ3n) is 6.13. The van der Waals surface area contributed by atoms with E-state index in [0.29, 0.717) is 55.0 Å². The van der Waals surface area contributed by atoms with E-state index in [0.717, 1.165) is 5.69 Å². The zero-order chi connectivity index (χ0) is 24.0. The van der Waals surface area contributed by atoms with Crippen LogP contribution < -0.4 is 15.8 Å². The highest BCUT2D eigenvalue weighted by atomic mass is 35.5. The van der Waals surface area contributed by atoms with Crippen LogP contribution in [0.3, 0.4) is 0 Å². The van der Waals surface area contributed by atoms with Crippen molar-refractivity contribution < 1.29 is 9.18 Å². The molecule has 4 heterocycles. The van der Waals surface area contributed by atoms with Gasteiger partial charge >= 0.3 is 0 Å². The predicted molar refractivity (Wildman–Crippen MR) is 128 cm³/mol. The molecule has 0 atom stereocenters. The summed E-state index contributed by atoms with van der Waals surface area (Å²) in [5.41, 5.74) is 2.94. The van der Waals surface area contributed by atoms with Crippen LogP contribution in [0.2, 0.25) is 5.15 Å². The molecular formula is C23H23ClFN7O2. The molecular weight excluding hydrogens is 461 g/mol. The third-order valence-corrected chi connectivity index (χ3v) is 6.40. The van der Waals surface area contributed by atoms with Gasteiger partial charge in [0.05, 0.1) is 16.9 Å². The number of nitrogens with one attached hydrogen (secondary N) is 2. The van der Waals surface area contributed by atoms with E-state index in [4.69, 9.17) is 11.6 Å². The van der Waals surface area contributed by atoms with Crippen LogP contribution in [0, 0.1) is 12.7 Å². The molecule has 0 aliphatic carbocycles. The van der Waals surface area contributed by atoms with Gasteiger partial charge in [-0.1, -0.05) is 17.7 Å². The monoisotopic (exact) mass is 483 g/mol. The lowest BCUT2D eigenvalue weighted by Crippen LogP contribution is -2.46. The summed E-state index contributed by atoms with van der Waals surface area (Å²) in [5, 5.41) is 7.14. The number of benzene rings is 1. The summed E-state index contributed by atoms with van der Waals surface area (Å²) in [4.78, 5) is 35.3. The van der Waals surface area contributed by atoms with Crippen LogP contribution in [-0.2, 0) is 6.54 Å². The summed E-state index contributed by atoms with van der Waals surface area (Å²) in [6, 6.07) is 8.66. The summed E-state index contributed by atoms with van der Waals surface area (Å²) >= 11 is 6.33. The summed E-state index contributed by atoms with van der Waals surface area (Å²) in [6.07, 6.45) is 0. The number of halogens is 2. The SMILES string of the molecule is CNC(=O)c1ccc(N2CCN(Cc3ccc4c([nH]c(=O)c5cc(C)nn54)c3F)CC2)c(Cl)n1. The Labute approximate surface area is 199 Å². The maximum Gasteiger partial charge on any atom is 0.274 e. The maximum absolute atomic E-state index is 15.4. The molecule has 0 spiro atoms. The van der Waals surface area contributed by atoms with Gasteiger partial charge in [0.25, 0.3) is 11.5 Å². The van der Waals surface area contributed by atoms with Gasteiger partial charge in [0.1, 0.15) is 16.7 Å². The highest BCUT2D eigenvalue weighted by Gasteiger charge is 2.22. The number of anilines is 1. The lowest BCUT2D eigenvalue weighted by molar-refractivity contribution is 0.0958. The number of carbonyl (C=O) groups excluding carboxylic acids is 1. The van der Waals surface area contributed by atoms with Gasteiger partial charge in [0.15, 0.2) is 11.0 Å². The molecule has 1 aliphatic heterocycles. The van der Waals surface area contributed by atoms with Crippen LogP contribution >= 0.6 is 11.6 Å². The van der Waals surface area contributed by atoms with Crippen LogP contribution in [0.1, 0.15) is 21.7 Å². The molecule has 0 unspecified atom stereocenters. The fourth-order valence-electron chi connectivity index (χ4n) is 4.35. The molecule has 34 heavy (non-hydrogen) atoms. The standard InChI is InChI=1S/C23H23ClFN7O2/c1-13-11-18-23(34)28-20-16(32(18)29-13)5-3-14(19(20)25)12-30-7-9-31(10-8-30)17-6-4-15(22(33)26-2)27-21(17)24/h3-6,11H,7-10,12H2,1-2H3,(H,26,33)(H,28,34). The second-order valence-electron chi connectivity index (χ2n) is 8.32. The number of aromatic nitrogens is 4. The smallest absolute Gasteiger partial charge is 0.274 e. The molecule has 5 rings (SSSR count). The van der Waals surface area contributed by atoms with Crippen molar-refractivity contribution >= 4 is 39.7 Å². The number of hydrogen-bond donors (Lipinski definition) is 2. The fourth-order valence-corrected chi connectivity index (χ4v) is 4.63. The molecule has 0 bridgehead atoms. The molecule has 0 saturated carbocycles. The first-order valence-electron chi connectivity index (χ1n) is 10.9. The van der Waals surface area contributed by atoms with Crippen molar-refractivity contribution in [2.24, 2.45) is 0 Å². The maximum atomic E-state index is 15.4. The van der Waals surface area contributed by atoms with Gasteiger partial charge in [0, 0.05) is 45.3 Å². The number of piperazine rings is 1. The molecule has 1 saturated heterocycles. The van der Waals surface area contributed by atoms with Crippen molar-refractivity contribution in [3.05, 3.63) is 68.6 Å². The van der Waals surface area contributed by atoms with E-state index in [1.54, 1.807) is 44.3 Å². The van der Waals surface area contributed by atoms with Gasteiger partial charge in [-0.3, -0.25) is 14.5 Å². The van der Waals surface area contributed by atoms with Gasteiger partial charge < -0.3 is 15.2 Å². The number of amides is 1. The topological polar surface area (TPSA) is 98.6 Å². The molecule has 9 nitrogen and oxygen atoms in total. The number of nitrogens with zero attached hydrogens (tertiary/aromatic N) is 5. The minimum atomic E-state index is -0.441. The van der Waals surface area contributed by atoms with Crippen molar-refractivity contribution in [3.8, 4) is 0 Å². The van der Waals surface area contributed by atoms with Crippen molar-refractivity contribution in [1.82, 2.24) is 29.8 Å². The molecule has 0 radical (unpaired) electrons. The van der Waals surface area contributed by atoms with Crippen molar-refractivity contribution in [2.45, 2.75) is 13.5 Å². The van der Waals surface area contributed by atoms with Crippen LogP contribution in [0.5, 0.6) is 0 Å². The minimum Gasteiger partial charge on any atom is -0.366 e. The lowest BCUT2D eigenvalue weighted by Gasteiger charge is -2.36. The van der Waals surface area contributed by atoms with Crippen molar-refractivity contribution in [2.75, 3.05) is 38.1 Å². The average molecular weight is 484 g/mol. The van der Waals surface area contributed by atoms with E-state index in [1.807, 2.05) is 0 Å².